The summed E-state index contributed by atoms with van der Waals surface area (Å²) in [4.78, 5) is 0. The van der Waals surface area contributed by atoms with E-state index in [0.717, 1.165) is 55.0 Å². The molecule has 0 aliphatic heterocycles. The summed E-state index contributed by atoms with van der Waals surface area (Å²) >= 11 is 0. The van der Waals surface area contributed by atoms with Crippen LogP contribution in [0.2, 0.25) is 0 Å². The molecule has 0 spiro atoms. The number of halogens is 1. The summed E-state index contributed by atoms with van der Waals surface area (Å²) in [6.07, 6.45) is 5.41. The number of rotatable bonds is 3. The normalized spacial score (nSPS) is 20.1. The largest absolute Gasteiger partial charge is 0.362 e. The van der Waals surface area contributed by atoms with Crippen molar-refractivity contribution in [1.29, 1.82) is 0 Å². The number of hydrogen-bond donors (Lipinski definition) is 1. The minimum atomic E-state index is -0.180. The van der Waals surface area contributed by atoms with Gasteiger partial charge in [0.15, 0.2) is 11.5 Å². The highest BCUT2D eigenvalue weighted by molar-refractivity contribution is 5.47. The van der Waals surface area contributed by atoms with E-state index in [-0.39, 0.29) is 11.9 Å². The Morgan fingerprint density at radius 3 is 2.88 bits per heavy atom. The topological polar surface area (TPSA) is 55.1 Å². The Morgan fingerprint density at radius 1 is 1.08 bits per heavy atom. The van der Waals surface area contributed by atoms with Gasteiger partial charge in [-0.1, -0.05) is 6.07 Å². The van der Waals surface area contributed by atoms with Gasteiger partial charge >= 0.3 is 0 Å². The van der Waals surface area contributed by atoms with Crippen LogP contribution in [-0.2, 0) is 6.42 Å². The Labute approximate surface area is 138 Å². The SMILES string of the molecule is Fc1ccc2c(c1)C(Nc1ccc3nnc(C4CC4)n3n1)CCC2. The summed E-state index contributed by atoms with van der Waals surface area (Å²) < 4.78 is 15.5. The maximum atomic E-state index is 13.7. The van der Waals surface area contributed by atoms with Crippen LogP contribution in [0.4, 0.5) is 10.2 Å². The van der Waals surface area contributed by atoms with E-state index in [4.69, 9.17) is 0 Å². The third-order valence-corrected chi connectivity index (χ3v) is 4.97. The fourth-order valence-corrected chi connectivity index (χ4v) is 3.58. The van der Waals surface area contributed by atoms with Crippen LogP contribution in [-0.4, -0.2) is 19.8 Å². The quantitative estimate of drug-likeness (QED) is 0.800. The first kappa shape index (κ1) is 13.9. The zero-order valence-corrected chi connectivity index (χ0v) is 13.2. The van der Waals surface area contributed by atoms with E-state index in [9.17, 15) is 4.39 Å². The van der Waals surface area contributed by atoms with Crippen LogP contribution in [0, 0.1) is 5.82 Å². The fourth-order valence-electron chi connectivity index (χ4n) is 3.58. The molecule has 1 fully saturated rings. The van der Waals surface area contributed by atoms with E-state index in [1.54, 1.807) is 12.1 Å². The molecule has 122 valence electrons. The van der Waals surface area contributed by atoms with Crippen LogP contribution in [0.1, 0.15) is 54.6 Å². The number of fused-ring (bicyclic) bond motifs is 2. The van der Waals surface area contributed by atoms with Crippen molar-refractivity contribution in [2.75, 3.05) is 5.32 Å². The van der Waals surface area contributed by atoms with Crippen molar-refractivity contribution in [1.82, 2.24) is 19.8 Å². The summed E-state index contributed by atoms with van der Waals surface area (Å²) in [7, 11) is 0. The highest BCUT2D eigenvalue weighted by Crippen LogP contribution is 2.39. The van der Waals surface area contributed by atoms with E-state index in [1.807, 2.05) is 22.7 Å². The van der Waals surface area contributed by atoms with Gasteiger partial charge in [0, 0.05) is 5.92 Å². The van der Waals surface area contributed by atoms with Gasteiger partial charge in [0.2, 0.25) is 0 Å². The first-order valence-corrected chi connectivity index (χ1v) is 8.55. The molecule has 1 unspecified atom stereocenters. The smallest absolute Gasteiger partial charge is 0.178 e. The Kier molecular flexibility index (Phi) is 3.04. The molecule has 2 heterocycles. The van der Waals surface area contributed by atoms with Crippen LogP contribution >= 0.6 is 0 Å². The van der Waals surface area contributed by atoms with Crippen LogP contribution in [0.15, 0.2) is 30.3 Å². The Morgan fingerprint density at radius 2 is 2.00 bits per heavy atom. The molecular weight excluding hydrogens is 305 g/mol. The lowest BCUT2D eigenvalue weighted by Gasteiger charge is -2.26. The second-order valence-corrected chi connectivity index (χ2v) is 6.75. The number of aryl methyl sites for hydroxylation is 1. The third kappa shape index (κ3) is 2.33. The molecule has 1 atom stereocenters. The first-order valence-electron chi connectivity index (χ1n) is 8.55. The molecule has 2 aromatic heterocycles. The molecule has 1 aromatic carbocycles. The Hall–Kier alpha value is -2.50. The Bertz CT molecular complexity index is 915. The number of nitrogens with zero attached hydrogens (tertiary/aromatic N) is 4. The molecule has 0 saturated heterocycles. The molecule has 3 aromatic rings. The highest BCUT2D eigenvalue weighted by Gasteiger charge is 2.29. The summed E-state index contributed by atoms with van der Waals surface area (Å²) in [6, 6.07) is 9.05. The van der Waals surface area contributed by atoms with E-state index in [1.165, 1.54) is 5.56 Å². The predicted octanol–water partition coefficient (Wildman–Crippen LogP) is 3.63. The van der Waals surface area contributed by atoms with Crippen LogP contribution in [0.3, 0.4) is 0 Å². The Balaban J connectivity index is 1.49. The molecular formula is C18H18FN5. The molecule has 24 heavy (non-hydrogen) atoms. The average molecular weight is 323 g/mol. The lowest BCUT2D eigenvalue weighted by Crippen LogP contribution is -2.18. The zero-order chi connectivity index (χ0) is 16.1. The van der Waals surface area contributed by atoms with Gasteiger partial charge in [0.1, 0.15) is 11.6 Å². The lowest BCUT2D eigenvalue weighted by molar-refractivity contribution is 0.577. The standard InChI is InChI=1S/C18H18FN5/c19-13-7-6-11-2-1-3-15(14(11)10-13)20-16-8-9-17-21-22-18(12-4-5-12)24(17)23-16/h6-10,12,15H,1-5H2,(H,20,23). The summed E-state index contributed by atoms with van der Waals surface area (Å²) in [5.41, 5.74) is 3.05. The molecule has 5 nitrogen and oxygen atoms in total. The monoisotopic (exact) mass is 323 g/mol. The van der Waals surface area contributed by atoms with Gasteiger partial charge in [-0.3, -0.25) is 0 Å². The summed E-state index contributed by atoms with van der Waals surface area (Å²) in [5, 5.41) is 16.6. The van der Waals surface area contributed by atoms with E-state index in [0.29, 0.717) is 5.92 Å². The number of anilines is 1. The molecule has 6 heteroatoms. The van der Waals surface area contributed by atoms with Crippen LogP contribution in [0.25, 0.3) is 5.65 Å². The lowest BCUT2D eigenvalue weighted by atomic mass is 9.87. The van der Waals surface area contributed by atoms with Gasteiger partial charge in [-0.05, 0) is 67.5 Å². The number of benzene rings is 1. The van der Waals surface area contributed by atoms with Crippen molar-refractivity contribution in [2.24, 2.45) is 0 Å². The predicted molar refractivity (Wildman–Crippen MR) is 88.5 cm³/mol. The average Bonchev–Trinajstić information content (AvgIpc) is 3.35. The first-order chi connectivity index (χ1) is 11.8. The van der Waals surface area contributed by atoms with Crippen molar-refractivity contribution in [2.45, 2.75) is 44.1 Å². The molecule has 1 N–H and O–H groups in total. The second-order valence-electron chi connectivity index (χ2n) is 6.75. The number of aromatic nitrogens is 4. The van der Waals surface area contributed by atoms with Gasteiger partial charge in [-0.15, -0.1) is 15.3 Å². The molecule has 5 rings (SSSR count). The summed E-state index contributed by atoms with van der Waals surface area (Å²) in [5.74, 6) is 2.04. The van der Waals surface area contributed by atoms with Crippen LogP contribution in [0.5, 0.6) is 0 Å². The van der Waals surface area contributed by atoms with E-state index in [2.05, 4.69) is 20.6 Å². The van der Waals surface area contributed by atoms with E-state index >= 15 is 0 Å². The highest BCUT2D eigenvalue weighted by atomic mass is 19.1. The van der Waals surface area contributed by atoms with Crippen molar-refractivity contribution in [3.05, 3.63) is 53.1 Å². The minimum absolute atomic E-state index is 0.0928. The molecule has 0 bridgehead atoms. The third-order valence-electron chi connectivity index (χ3n) is 4.97. The maximum Gasteiger partial charge on any atom is 0.178 e. The van der Waals surface area contributed by atoms with Crippen LogP contribution < -0.4 is 5.32 Å². The van der Waals surface area contributed by atoms with E-state index < -0.39 is 0 Å². The molecule has 0 amide bonds. The van der Waals surface area contributed by atoms with Gasteiger partial charge in [0.05, 0.1) is 6.04 Å². The molecule has 0 radical (unpaired) electrons. The van der Waals surface area contributed by atoms with Gasteiger partial charge < -0.3 is 5.32 Å². The second kappa shape index (κ2) is 5.26. The van der Waals surface area contributed by atoms with Gasteiger partial charge in [-0.25, -0.2) is 4.39 Å². The number of hydrogen-bond acceptors (Lipinski definition) is 4. The van der Waals surface area contributed by atoms with Crippen molar-refractivity contribution < 1.29 is 4.39 Å². The van der Waals surface area contributed by atoms with Crippen molar-refractivity contribution in [3.63, 3.8) is 0 Å². The maximum absolute atomic E-state index is 13.7. The minimum Gasteiger partial charge on any atom is -0.362 e. The summed E-state index contributed by atoms with van der Waals surface area (Å²) in [6.45, 7) is 0. The molecule has 2 aliphatic carbocycles. The van der Waals surface area contributed by atoms with Crippen molar-refractivity contribution in [3.8, 4) is 0 Å². The zero-order valence-electron chi connectivity index (χ0n) is 13.2. The fraction of sp³-hybridized carbons (Fsp3) is 0.389. The molecule has 2 aliphatic rings. The van der Waals surface area contributed by atoms with Gasteiger partial charge in [0.25, 0.3) is 0 Å². The number of nitrogens with one attached hydrogen (secondary N) is 1. The molecule has 1 saturated carbocycles. The van der Waals surface area contributed by atoms with Crippen molar-refractivity contribution >= 4 is 11.5 Å². The van der Waals surface area contributed by atoms with Gasteiger partial charge in [-0.2, -0.15) is 4.52 Å².